The number of anilines is 4. The molecule has 0 saturated carbocycles. The molecule has 0 heterocycles. The molecule has 0 aromatic heterocycles. The van der Waals surface area contributed by atoms with E-state index in [4.69, 9.17) is 0 Å². The standard InChI is InChI=1S/C41H36N2/c1-31(24-25-32(2)42(3)41-23-13-17-35-16-10-11-22-40(35)41)33-26-28-38(29-27-33)43(37-19-8-5-9-20-37)39-21-12-18-36(30-39)34-14-6-4-7-15-34/h4-30H,1-3H3/b31-24+,32-25+. The van der Waals surface area contributed by atoms with E-state index in [1.807, 2.05) is 0 Å². The third-order valence-corrected chi connectivity index (χ3v) is 8.04. The van der Waals surface area contributed by atoms with Crippen molar-refractivity contribution in [3.8, 4) is 11.1 Å². The van der Waals surface area contributed by atoms with Gasteiger partial charge >= 0.3 is 0 Å². The SMILES string of the molecule is C/C(=C\C=C(/C)N(C)c1cccc2ccccc12)c1ccc(N(c2ccccc2)c2cccc(-c3ccccc3)c2)cc1. The van der Waals surface area contributed by atoms with Gasteiger partial charge in [0, 0.05) is 40.9 Å². The number of fused-ring (bicyclic) bond motifs is 1. The molecule has 0 unspecified atom stereocenters. The van der Waals surface area contributed by atoms with E-state index < -0.39 is 0 Å². The zero-order valence-corrected chi connectivity index (χ0v) is 25.0. The molecule has 0 N–H and O–H groups in total. The fourth-order valence-electron chi connectivity index (χ4n) is 5.50. The molecule has 0 aliphatic rings. The van der Waals surface area contributed by atoms with Crippen LogP contribution in [0.15, 0.2) is 170 Å². The highest BCUT2D eigenvalue weighted by Gasteiger charge is 2.13. The average molecular weight is 557 g/mol. The molecule has 6 aromatic rings. The molecule has 0 radical (unpaired) electrons. The lowest BCUT2D eigenvalue weighted by atomic mass is 10.0. The molecule has 0 aliphatic heterocycles. The predicted molar refractivity (Wildman–Crippen MR) is 186 cm³/mol. The topological polar surface area (TPSA) is 6.48 Å². The molecule has 210 valence electrons. The minimum atomic E-state index is 1.12. The van der Waals surface area contributed by atoms with E-state index in [0.29, 0.717) is 0 Å². The monoisotopic (exact) mass is 556 g/mol. The summed E-state index contributed by atoms with van der Waals surface area (Å²) in [6.45, 7) is 4.34. The first-order valence-corrected chi connectivity index (χ1v) is 14.8. The lowest BCUT2D eigenvalue weighted by Crippen LogP contribution is -2.14. The van der Waals surface area contributed by atoms with Gasteiger partial charge in [0.1, 0.15) is 0 Å². The molecule has 0 amide bonds. The first kappa shape index (κ1) is 27.8. The molecular formula is C41H36N2. The Morgan fingerprint density at radius 2 is 1.09 bits per heavy atom. The van der Waals surface area contributed by atoms with Crippen molar-refractivity contribution in [2.45, 2.75) is 13.8 Å². The molecule has 0 spiro atoms. The maximum atomic E-state index is 2.32. The lowest BCUT2D eigenvalue weighted by Gasteiger charge is -2.26. The third kappa shape index (κ3) is 6.14. The van der Waals surface area contributed by atoms with Crippen molar-refractivity contribution < 1.29 is 0 Å². The Morgan fingerprint density at radius 3 is 1.86 bits per heavy atom. The largest absolute Gasteiger partial charge is 0.348 e. The summed E-state index contributed by atoms with van der Waals surface area (Å²) in [7, 11) is 2.14. The smallest absolute Gasteiger partial charge is 0.0485 e. The minimum Gasteiger partial charge on any atom is -0.348 e. The normalized spacial score (nSPS) is 11.9. The number of nitrogens with zero attached hydrogens (tertiary/aromatic N) is 2. The molecule has 6 aromatic carbocycles. The van der Waals surface area contributed by atoms with Gasteiger partial charge in [-0.05, 0) is 90.0 Å². The van der Waals surface area contributed by atoms with Gasteiger partial charge in [-0.2, -0.15) is 0 Å². The van der Waals surface area contributed by atoms with Crippen LogP contribution in [0.5, 0.6) is 0 Å². The summed E-state index contributed by atoms with van der Waals surface area (Å²) in [5, 5.41) is 2.51. The van der Waals surface area contributed by atoms with Gasteiger partial charge in [-0.25, -0.2) is 0 Å². The Hall–Kier alpha value is -5.34. The highest BCUT2D eigenvalue weighted by Crippen LogP contribution is 2.37. The van der Waals surface area contributed by atoms with Crippen LogP contribution in [0.25, 0.3) is 27.5 Å². The van der Waals surface area contributed by atoms with Gasteiger partial charge in [0.05, 0.1) is 0 Å². The fourth-order valence-corrected chi connectivity index (χ4v) is 5.50. The molecular weight excluding hydrogens is 520 g/mol. The molecule has 0 fully saturated rings. The first-order chi connectivity index (χ1) is 21.1. The van der Waals surface area contributed by atoms with Crippen molar-refractivity contribution in [3.05, 3.63) is 175 Å². The Kier molecular flexibility index (Phi) is 8.19. The number of hydrogen-bond acceptors (Lipinski definition) is 2. The van der Waals surface area contributed by atoms with Crippen molar-refractivity contribution in [3.63, 3.8) is 0 Å². The molecule has 0 saturated heterocycles. The van der Waals surface area contributed by atoms with Gasteiger partial charge in [-0.1, -0.05) is 115 Å². The van der Waals surface area contributed by atoms with Crippen LogP contribution < -0.4 is 9.80 Å². The third-order valence-electron chi connectivity index (χ3n) is 8.04. The maximum absolute atomic E-state index is 2.32. The molecule has 43 heavy (non-hydrogen) atoms. The molecule has 0 atom stereocenters. The maximum Gasteiger partial charge on any atom is 0.0485 e. The highest BCUT2D eigenvalue weighted by atomic mass is 15.1. The average Bonchev–Trinajstić information content (AvgIpc) is 3.08. The second-order valence-corrected chi connectivity index (χ2v) is 10.8. The minimum absolute atomic E-state index is 1.12. The zero-order valence-electron chi connectivity index (χ0n) is 25.0. The van der Waals surface area contributed by atoms with Crippen molar-refractivity contribution in [2.75, 3.05) is 16.8 Å². The number of rotatable bonds is 8. The Labute approximate surface area is 255 Å². The summed E-state index contributed by atoms with van der Waals surface area (Å²) in [4.78, 5) is 4.58. The van der Waals surface area contributed by atoms with E-state index in [0.717, 1.165) is 17.1 Å². The quantitative estimate of drug-likeness (QED) is 0.172. The molecule has 2 nitrogen and oxygen atoms in total. The van der Waals surface area contributed by atoms with Gasteiger partial charge in [-0.15, -0.1) is 0 Å². The van der Waals surface area contributed by atoms with Gasteiger partial charge in [0.2, 0.25) is 0 Å². The van der Waals surface area contributed by atoms with E-state index in [-0.39, 0.29) is 0 Å². The van der Waals surface area contributed by atoms with Gasteiger partial charge in [0.15, 0.2) is 0 Å². The van der Waals surface area contributed by atoms with Crippen molar-refractivity contribution in [2.24, 2.45) is 0 Å². The van der Waals surface area contributed by atoms with Gasteiger partial charge < -0.3 is 9.80 Å². The Balaban J connectivity index is 1.28. The van der Waals surface area contributed by atoms with Crippen LogP contribution in [-0.2, 0) is 0 Å². The Morgan fingerprint density at radius 1 is 0.512 bits per heavy atom. The summed E-state index contributed by atoms with van der Waals surface area (Å²) in [5.41, 5.74) is 10.6. The number of allylic oxidation sites excluding steroid dienone is 4. The van der Waals surface area contributed by atoms with E-state index in [1.165, 1.54) is 44.4 Å². The van der Waals surface area contributed by atoms with E-state index in [1.54, 1.807) is 0 Å². The van der Waals surface area contributed by atoms with E-state index in [2.05, 4.69) is 195 Å². The number of para-hydroxylation sites is 1. The van der Waals surface area contributed by atoms with Crippen LogP contribution in [0, 0.1) is 0 Å². The second-order valence-electron chi connectivity index (χ2n) is 10.8. The van der Waals surface area contributed by atoms with Crippen LogP contribution >= 0.6 is 0 Å². The second kappa shape index (κ2) is 12.7. The number of benzene rings is 6. The van der Waals surface area contributed by atoms with E-state index in [9.17, 15) is 0 Å². The zero-order chi connectivity index (χ0) is 29.6. The molecule has 0 bridgehead atoms. The summed E-state index contributed by atoms with van der Waals surface area (Å²) in [6.07, 6.45) is 4.42. The van der Waals surface area contributed by atoms with Crippen LogP contribution in [0.1, 0.15) is 19.4 Å². The predicted octanol–water partition coefficient (Wildman–Crippen LogP) is 11.4. The first-order valence-electron chi connectivity index (χ1n) is 14.8. The fraction of sp³-hybridized carbons (Fsp3) is 0.0732. The van der Waals surface area contributed by atoms with Crippen molar-refractivity contribution >= 4 is 39.1 Å². The van der Waals surface area contributed by atoms with Gasteiger partial charge in [-0.3, -0.25) is 0 Å². The highest BCUT2D eigenvalue weighted by molar-refractivity contribution is 5.94. The molecule has 0 aliphatic carbocycles. The van der Waals surface area contributed by atoms with Crippen LogP contribution in [0.3, 0.4) is 0 Å². The summed E-state index contributed by atoms with van der Waals surface area (Å²) in [6, 6.07) is 53.8. The van der Waals surface area contributed by atoms with Crippen LogP contribution in [-0.4, -0.2) is 7.05 Å². The van der Waals surface area contributed by atoms with Crippen molar-refractivity contribution in [1.29, 1.82) is 0 Å². The van der Waals surface area contributed by atoms with Gasteiger partial charge in [0.25, 0.3) is 0 Å². The molecule has 6 rings (SSSR count). The molecule has 2 heteroatoms. The summed E-state index contributed by atoms with van der Waals surface area (Å²) < 4.78 is 0. The number of hydrogen-bond donors (Lipinski definition) is 0. The van der Waals surface area contributed by atoms with E-state index >= 15 is 0 Å². The lowest BCUT2D eigenvalue weighted by molar-refractivity contribution is 1.10. The van der Waals surface area contributed by atoms with Crippen molar-refractivity contribution in [1.82, 2.24) is 0 Å². The van der Waals surface area contributed by atoms with Crippen LogP contribution in [0.2, 0.25) is 0 Å². The summed E-state index contributed by atoms with van der Waals surface area (Å²) >= 11 is 0. The Bertz CT molecular complexity index is 1880. The van der Waals surface area contributed by atoms with Crippen LogP contribution in [0.4, 0.5) is 22.7 Å². The summed E-state index contributed by atoms with van der Waals surface area (Å²) in [5.74, 6) is 0.